The molecule has 0 aliphatic heterocycles. The van der Waals surface area contributed by atoms with E-state index in [1.165, 1.54) is 36.6 Å². The molecule has 24 heavy (non-hydrogen) atoms. The number of aryl methyl sites for hydroxylation is 1. The topological polar surface area (TPSA) is 54.3 Å². The summed E-state index contributed by atoms with van der Waals surface area (Å²) in [7, 11) is 1.61. The van der Waals surface area contributed by atoms with Crippen LogP contribution in [-0.4, -0.2) is 26.5 Å². The van der Waals surface area contributed by atoms with Gasteiger partial charge in [-0.3, -0.25) is 0 Å². The molecule has 3 rings (SSSR count). The number of ether oxygens (including phenoxy) is 2. The number of nitrogens with one attached hydrogen (secondary N) is 2. The van der Waals surface area contributed by atoms with Gasteiger partial charge < -0.3 is 20.2 Å². The van der Waals surface area contributed by atoms with Crippen molar-refractivity contribution in [3.8, 4) is 11.5 Å². The highest BCUT2D eigenvalue weighted by Gasteiger charge is 2.18. The standard InChI is InChI=1S/C20H24N2O2/c1-23-20-13-17(10-9-16(20)14-21)24-12-11-22-19-8-4-6-15-5-2-3-7-18(15)19/h2-3,5,7,9-10,13-14,19,21-22H,4,6,8,11-12H2,1H3. The molecule has 0 fully saturated rings. The maximum atomic E-state index is 7.34. The number of hydrogen-bond acceptors (Lipinski definition) is 4. The van der Waals surface area contributed by atoms with Crippen LogP contribution in [0.5, 0.6) is 11.5 Å². The first kappa shape index (κ1) is 16.5. The highest BCUT2D eigenvalue weighted by molar-refractivity contribution is 5.81. The predicted octanol–water partition coefficient (Wildman–Crippen LogP) is 3.74. The van der Waals surface area contributed by atoms with Gasteiger partial charge in [0.2, 0.25) is 0 Å². The van der Waals surface area contributed by atoms with Crippen LogP contribution in [0.15, 0.2) is 42.5 Å². The van der Waals surface area contributed by atoms with E-state index in [1.807, 2.05) is 18.2 Å². The zero-order chi connectivity index (χ0) is 16.8. The van der Waals surface area contributed by atoms with Gasteiger partial charge in [0.1, 0.15) is 18.1 Å². The van der Waals surface area contributed by atoms with Crippen molar-refractivity contribution in [3.05, 3.63) is 59.2 Å². The van der Waals surface area contributed by atoms with Crippen LogP contribution in [-0.2, 0) is 6.42 Å². The van der Waals surface area contributed by atoms with Crippen LogP contribution in [0.25, 0.3) is 0 Å². The van der Waals surface area contributed by atoms with E-state index in [2.05, 4.69) is 29.6 Å². The Kier molecular flexibility index (Phi) is 5.49. The van der Waals surface area contributed by atoms with Crippen LogP contribution in [0.4, 0.5) is 0 Å². The van der Waals surface area contributed by atoms with Gasteiger partial charge in [0.25, 0.3) is 0 Å². The van der Waals surface area contributed by atoms with Crippen LogP contribution in [0, 0.1) is 5.41 Å². The molecule has 1 unspecified atom stereocenters. The lowest BCUT2D eigenvalue weighted by atomic mass is 9.88. The number of benzene rings is 2. The summed E-state index contributed by atoms with van der Waals surface area (Å²) in [6.07, 6.45) is 4.88. The molecule has 2 aromatic carbocycles. The van der Waals surface area contributed by atoms with Gasteiger partial charge in [-0.05, 0) is 42.5 Å². The molecule has 1 atom stereocenters. The molecule has 0 spiro atoms. The minimum absolute atomic E-state index is 0.424. The van der Waals surface area contributed by atoms with Crippen LogP contribution in [0.1, 0.15) is 35.6 Å². The maximum absolute atomic E-state index is 7.34. The van der Waals surface area contributed by atoms with Gasteiger partial charge in [-0.2, -0.15) is 0 Å². The molecule has 1 aliphatic carbocycles. The van der Waals surface area contributed by atoms with Crippen molar-refractivity contribution in [1.82, 2.24) is 5.32 Å². The van der Waals surface area contributed by atoms with E-state index in [4.69, 9.17) is 14.9 Å². The maximum Gasteiger partial charge on any atom is 0.131 e. The van der Waals surface area contributed by atoms with Gasteiger partial charge in [-0.15, -0.1) is 0 Å². The third kappa shape index (κ3) is 3.77. The largest absolute Gasteiger partial charge is 0.496 e. The summed E-state index contributed by atoms with van der Waals surface area (Å²) in [4.78, 5) is 0. The third-order valence-electron chi connectivity index (χ3n) is 4.49. The first-order valence-corrected chi connectivity index (χ1v) is 8.44. The number of rotatable bonds is 7. The second-order valence-electron chi connectivity index (χ2n) is 5.99. The minimum Gasteiger partial charge on any atom is -0.496 e. The van der Waals surface area contributed by atoms with Crippen molar-refractivity contribution >= 4 is 6.21 Å². The van der Waals surface area contributed by atoms with E-state index in [0.717, 1.165) is 17.9 Å². The Balaban J connectivity index is 1.52. The third-order valence-corrected chi connectivity index (χ3v) is 4.49. The average molecular weight is 324 g/mol. The average Bonchev–Trinajstić information content (AvgIpc) is 2.65. The van der Waals surface area contributed by atoms with Crippen molar-refractivity contribution in [2.75, 3.05) is 20.3 Å². The molecule has 0 radical (unpaired) electrons. The Morgan fingerprint density at radius 2 is 2.12 bits per heavy atom. The summed E-state index contributed by atoms with van der Waals surface area (Å²) in [5.74, 6) is 1.43. The van der Waals surface area contributed by atoms with E-state index < -0.39 is 0 Å². The van der Waals surface area contributed by atoms with Crippen molar-refractivity contribution in [2.24, 2.45) is 0 Å². The number of fused-ring (bicyclic) bond motifs is 1. The van der Waals surface area contributed by atoms with E-state index >= 15 is 0 Å². The summed E-state index contributed by atoms with van der Waals surface area (Å²) < 4.78 is 11.1. The van der Waals surface area contributed by atoms with Gasteiger partial charge in [0.15, 0.2) is 0 Å². The highest BCUT2D eigenvalue weighted by Crippen LogP contribution is 2.29. The monoisotopic (exact) mass is 324 g/mol. The van der Waals surface area contributed by atoms with Crippen molar-refractivity contribution in [2.45, 2.75) is 25.3 Å². The summed E-state index contributed by atoms with van der Waals surface area (Å²) >= 11 is 0. The van der Waals surface area contributed by atoms with Crippen LogP contribution in [0.2, 0.25) is 0 Å². The lowest BCUT2D eigenvalue weighted by molar-refractivity contribution is 0.298. The molecule has 2 aromatic rings. The molecule has 0 bridgehead atoms. The van der Waals surface area contributed by atoms with Crippen molar-refractivity contribution in [3.63, 3.8) is 0 Å². The summed E-state index contributed by atoms with van der Waals surface area (Å²) in [5, 5.41) is 11.0. The fraction of sp³-hybridized carbons (Fsp3) is 0.350. The Morgan fingerprint density at radius 3 is 2.96 bits per heavy atom. The van der Waals surface area contributed by atoms with E-state index in [0.29, 0.717) is 18.4 Å². The fourth-order valence-electron chi connectivity index (χ4n) is 3.27. The summed E-state index contributed by atoms with van der Waals surface area (Å²) in [6, 6.07) is 14.7. The van der Waals surface area contributed by atoms with Crippen LogP contribution >= 0.6 is 0 Å². The second-order valence-corrected chi connectivity index (χ2v) is 5.99. The predicted molar refractivity (Wildman–Crippen MR) is 96.5 cm³/mol. The molecule has 4 nitrogen and oxygen atoms in total. The highest BCUT2D eigenvalue weighted by atomic mass is 16.5. The summed E-state index contributed by atoms with van der Waals surface area (Å²) in [5.41, 5.74) is 3.65. The quantitative estimate of drug-likeness (QED) is 0.602. The molecule has 0 saturated heterocycles. The van der Waals surface area contributed by atoms with Crippen LogP contribution < -0.4 is 14.8 Å². The molecule has 0 heterocycles. The van der Waals surface area contributed by atoms with Gasteiger partial charge in [-0.25, -0.2) is 0 Å². The van der Waals surface area contributed by atoms with Gasteiger partial charge in [0, 0.05) is 30.4 Å². The first-order valence-electron chi connectivity index (χ1n) is 8.44. The number of hydrogen-bond donors (Lipinski definition) is 2. The minimum atomic E-state index is 0.424. The molecular weight excluding hydrogens is 300 g/mol. The Hall–Kier alpha value is -2.33. The molecule has 4 heteroatoms. The lowest BCUT2D eigenvalue weighted by Gasteiger charge is -2.26. The van der Waals surface area contributed by atoms with E-state index in [1.54, 1.807) is 7.11 Å². The molecule has 126 valence electrons. The molecule has 0 saturated carbocycles. The molecule has 1 aliphatic rings. The molecular formula is C20H24N2O2. The Labute approximate surface area is 143 Å². The van der Waals surface area contributed by atoms with Crippen LogP contribution in [0.3, 0.4) is 0 Å². The first-order chi connectivity index (χ1) is 11.8. The second kappa shape index (κ2) is 7.97. The normalized spacial score (nSPS) is 16.3. The van der Waals surface area contributed by atoms with E-state index in [-0.39, 0.29) is 0 Å². The zero-order valence-electron chi connectivity index (χ0n) is 14.0. The zero-order valence-corrected chi connectivity index (χ0v) is 14.0. The SMILES string of the molecule is COc1cc(OCCNC2CCCc3ccccc32)ccc1C=N. The van der Waals surface area contributed by atoms with E-state index in [9.17, 15) is 0 Å². The molecule has 0 aromatic heterocycles. The smallest absolute Gasteiger partial charge is 0.131 e. The van der Waals surface area contributed by atoms with Crippen molar-refractivity contribution < 1.29 is 9.47 Å². The molecule has 0 amide bonds. The summed E-state index contributed by atoms with van der Waals surface area (Å²) in [6.45, 7) is 1.40. The van der Waals surface area contributed by atoms with Gasteiger partial charge in [-0.1, -0.05) is 24.3 Å². The Bertz CT molecular complexity index is 700. The van der Waals surface area contributed by atoms with Gasteiger partial charge in [0.05, 0.1) is 7.11 Å². The number of methoxy groups -OCH3 is 1. The lowest BCUT2D eigenvalue weighted by Crippen LogP contribution is -2.28. The van der Waals surface area contributed by atoms with Crippen molar-refractivity contribution in [1.29, 1.82) is 5.41 Å². The van der Waals surface area contributed by atoms with Gasteiger partial charge >= 0.3 is 0 Å². The molecule has 2 N–H and O–H groups in total. The fourth-order valence-corrected chi connectivity index (χ4v) is 3.27. The Morgan fingerprint density at radius 1 is 1.25 bits per heavy atom.